The van der Waals surface area contributed by atoms with Gasteiger partial charge in [0.05, 0.1) is 24.6 Å². The zero-order valence-corrected chi connectivity index (χ0v) is 21.4. The van der Waals surface area contributed by atoms with E-state index in [0.717, 1.165) is 82.1 Å². The molecule has 0 spiro atoms. The number of benzene rings is 1. The van der Waals surface area contributed by atoms with Gasteiger partial charge in [-0.1, -0.05) is 31.2 Å². The molecule has 11 nitrogen and oxygen atoms in total. The van der Waals surface area contributed by atoms with Crippen molar-refractivity contribution in [2.75, 3.05) is 68.8 Å². The van der Waals surface area contributed by atoms with Gasteiger partial charge < -0.3 is 29.6 Å². The maximum Gasteiger partial charge on any atom is 0.414 e. The predicted octanol–water partition coefficient (Wildman–Crippen LogP) is 2.33. The minimum atomic E-state index is -1.82. The van der Waals surface area contributed by atoms with Gasteiger partial charge in [-0.2, -0.15) is 0 Å². The number of nitrogens with zero attached hydrogens (tertiary/aromatic N) is 6. The number of morpholine rings is 1. The van der Waals surface area contributed by atoms with Crippen molar-refractivity contribution < 1.29 is 24.5 Å². The second kappa shape index (κ2) is 12.9. The van der Waals surface area contributed by atoms with Crippen molar-refractivity contribution >= 4 is 46.5 Å². The maximum absolute atomic E-state index is 9.10. The highest BCUT2D eigenvalue weighted by Gasteiger charge is 2.19. The van der Waals surface area contributed by atoms with Crippen LogP contribution in [-0.2, 0) is 14.3 Å². The Balaban J connectivity index is 0.000000505. The zero-order valence-electron chi connectivity index (χ0n) is 21.4. The molecule has 0 amide bonds. The molecule has 2 N–H and O–H groups in total. The van der Waals surface area contributed by atoms with Gasteiger partial charge in [0.1, 0.15) is 5.82 Å². The Labute approximate surface area is 221 Å². The fourth-order valence-electron chi connectivity index (χ4n) is 4.36. The second-order valence-electron chi connectivity index (χ2n) is 8.87. The summed E-state index contributed by atoms with van der Waals surface area (Å²) in [6.07, 6.45) is 4.03. The Hall–Kier alpha value is -4.09. The molecule has 200 valence electrons. The monoisotopic (exact) mass is 520 g/mol. The zero-order chi connectivity index (χ0) is 26.9. The van der Waals surface area contributed by atoms with Crippen LogP contribution in [0.4, 0.5) is 11.6 Å². The number of carbonyl (C=O) groups is 2. The summed E-state index contributed by atoms with van der Waals surface area (Å²) in [4.78, 5) is 30.3. The minimum absolute atomic E-state index is 0.743. The van der Waals surface area contributed by atoms with Crippen LogP contribution < -0.4 is 9.80 Å². The third-order valence-electron chi connectivity index (χ3n) is 6.47. The first-order valence-corrected chi connectivity index (χ1v) is 12.6. The predicted molar refractivity (Wildman–Crippen MR) is 145 cm³/mol. The van der Waals surface area contributed by atoms with Crippen LogP contribution in [0.3, 0.4) is 0 Å². The van der Waals surface area contributed by atoms with Gasteiger partial charge in [0, 0.05) is 44.7 Å². The lowest BCUT2D eigenvalue weighted by Gasteiger charge is -2.35. The Bertz CT molecular complexity index is 1260. The van der Waals surface area contributed by atoms with Crippen LogP contribution in [0.25, 0.3) is 22.9 Å². The van der Waals surface area contributed by atoms with Gasteiger partial charge in [-0.15, -0.1) is 10.2 Å². The fraction of sp³-hybridized carbons (Fsp3) is 0.370. The highest BCUT2D eigenvalue weighted by atomic mass is 16.5. The Morgan fingerprint density at radius 1 is 0.868 bits per heavy atom. The van der Waals surface area contributed by atoms with Crippen LogP contribution in [0.1, 0.15) is 18.3 Å². The van der Waals surface area contributed by atoms with Crippen LogP contribution in [0.5, 0.6) is 0 Å². The molecule has 0 bridgehead atoms. The van der Waals surface area contributed by atoms with Crippen molar-refractivity contribution in [3.8, 4) is 0 Å². The quantitative estimate of drug-likeness (QED) is 0.480. The van der Waals surface area contributed by atoms with Crippen LogP contribution >= 0.6 is 0 Å². The summed E-state index contributed by atoms with van der Waals surface area (Å²) in [7, 11) is 0. The average Bonchev–Trinajstić information content (AvgIpc) is 2.96. The highest BCUT2D eigenvalue weighted by molar-refractivity contribution is 6.27. The van der Waals surface area contributed by atoms with Gasteiger partial charge in [-0.25, -0.2) is 14.6 Å². The topological polar surface area (TPSA) is 132 Å². The molecule has 2 aromatic heterocycles. The lowest BCUT2D eigenvalue weighted by atomic mass is 10.1. The number of fused-ring (bicyclic) bond motifs is 1. The van der Waals surface area contributed by atoms with Gasteiger partial charge in [-0.3, -0.25) is 0 Å². The number of carboxylic acids is 2. The second-order valence-corrected chi connectivity index (χ2v) is 8.87. The summed E-state index contributed by atoms with van der Waals surface area (Å²) >= 11 is 0. The normalized spacial score (nSPS) is 16.3. The number of likely N-dealkylation sites (N-methyl/N-ethyl adjacent to an activating group) is 1. The molecule has 11 heteroatoms. The fourth-order valence-corrected chi connectivity index (χ4v) is 4.36. The molecule has 4 heterocycles. The van der Waals surface area contributed by atoms with E-state index < -0.39 is 11.9 Å². The molecule has 2 fully saturated rings. The lowest BCUT2D eigenvalue weighted by molar-refractivity contribution is -0.159. The molecule has 0 saturated carbocycles. The Kier molecular flexibility index (Phi) is 9.17. The number of piperazine rings is 1. The molecule has 3 aromatic rings. The maximum atomic E-state index is 9.10. The van der Waals surface area contributed by atoms with Crippen molar-refractivity contribution in [2.45, 2.75) is 6.92 Å². The highest BCUT2D eigenvalue weighted by Crippen LogP contribution is 2.27. The smallest absolute Gasteiger partial charge is 0.414 e. The number of hydrogen-bond acceptors (Lipinski definition) is 9. The summed E-state index contributed by atoms with van der Waals surface area (Å²) in [6, 6.07) is 14.7. The van der Waals surface area contributed by atoms with Crippen molar-refractivity contribution in [3.63, 3.8) is 0 Å². The summed E-state index contributed by atoms with van der Waals surface area (Å²) in [5.74, 6) is -1.67. The van der Waals surface area contributed by atoms with E-state index in [4.69, 9.17) is 29.5 Å². The molecule has 5 rings (SSSR count). The summed E-state index contributed by atoms with van der Waals surface area (Å²) in [5.41, 5.74) is 1.77. The van der Waals surface area contributed by atoms with Gasteiger partial charge in [-0.05, 0) is 42.3 Å². The number of pyridine rings is 1. The largest absolute Gasteiger partial charge is 0.473 e. The first kappa shape index (κ1) is 27.0. The SMILES string of the molecule is CCN1CCN(c2nc(C=Cc3ccc(N4CCOCC4)nn3)cc3ccccc23)CC1.O=C(O)C(=O)O. The molecule has 0 unspecified atom stereocenters. The van der Waals surface area contributed by atoms with Crippen molar-refractivity contribution in [1.82, 2.24) is 20.1 Å². The summed E-state index contributed by atoms with van der Waals surface area (Å²) in [6.45, 7) is 10.7. The minimum Gasteiger partial charge on any atom is -0.473 e. The van der Waals surface area contributed by atoms with E-state index in [-0.39, 0.29) is 0 Å². The third kappa shape index (κ3) is 7.02. The number of aliphatic carboxylic acids is 2. The molecule has 0 atom stereocenters. The van der Waals surface area contributed by atoms with E-state index in [1.54, 1.807) is 0 Å². The van der Waals surface area contributed by atoms with E-state index in [2.05, 4.69) is 62.2 Å². The van der Waals surface area contributed by atoms with Gasteiger partial charge in [0.2, 0.25) is 0 Å². The summed E-state index contributed by atoms with van der Waals surface area (Å²) < 4.78 is 5.41. The summed E-state index contributed by atoms with van der Waals surface area (Å²) in [5, 5.41) is 26.0. The van der Waals surface area contributed by atoms with Gasteiger partial charge in [0.25, 0.3) is 0 Å². The van der Waals surface area contributed by atoms with E-state index in [1.165, 1.54) is 10.8 Å². The number of ether oxygens (including phenoxy) is 1. The molecule has 2 aliphatic heterocycles. The molecule has 2 saturated heterocycles. The van der Waals surface area contributed by atoms with Crippen LogP contribution in [0.15, 0.2) is 42.5 Å². The third-order valence-corrected chi connectivity index (χ3v) is 6.47. The van der Waals surface area contributed by atoms with Gasteiger partial charge in [0.15, 0.2) is 5.82 Å². The number of hydrogen-bond donors (Lipinski definition) is 2. The van der Waals surface area contributed by atoms with E-state index in [1.807, 2.05) is 24.3 Å². The van der Waals surface area contributed by atoms with Crippen molar-refractivity contribution in [3.05, 3.63) is 53.9 Å². The number of rotatable bonds is 5. The number of carboxylic acid groups (broad SMARTS) is 2. The molecule has 38 heavy (non-hydrogen) atoms. The van der Waals surface area contributed by atoms with Gasteiger partial charge >= 0.3 is 11.9 Å². The molecule has 0 aliphatic carbocycles. The Morgan fingerprint density at radius 3 is 2.18 bits per heavy atom. The van der Waals surface area contributed by atoms with Crippen LogP contribution in [0.2, 0.25) is 0 Å². The van der Waals surface area contributed by atoms with Crippen LogP contribution in [0, 0.1) is 0 Å². The van der Waals surface area contributed by atoms with Crippen molar-refractivity contribution in [1.29, 1.82) is 0 Å². The molecule has 0 radical (unpaired) electrons. The standard InChI is InChI=1S/C25H30N6O.C2H2O4/c1-2-29-11-13-31(14-12-29)25-23-6-4-3-5-20(23)19-22(26-25)8-7-21-9-10-24(28-27-21)30-15-17-32-18-16-30;3-1(4)2(5)6/h3-10,19H,2,11-18H2,1H3;(H,3,4)(H,5,6). The molecular formula is C27H32N6O5. The number of aromatic nitrogens is 3. The molecule has 2 aliphatic rings. The Morgan fingerprint density at radius 2 is 1.55 bits per heavy atom. The molecule has 1 aromatic carbocycles. The van der Waals surface area contributed by atoms with E-state index in [0.29, 0.717) is 0 Å². The molecular weight excluding hydrogens is 488 g/mol. The van der Waals surface area contributed by atoms with Crippen LogP contribution in [-0.4, -0.2) is 101 Å². The van der Waals surface area contributed by atoms with E-state index in [9.17, 15) is 0 Å². The van der Waals surface area contributed by atoms with Crippen molar-refractivity contribution in [2.24, 2.45) is 0 Å². The average molecular weight is 521 g/mol. The lowest BCUT2D eigenvalue weighted by Crippen LogP contribution is -2.46. The first-order chi connectivity index (χ1) is 18.4. The number of anilines is 2. The first-order valence-electron chi connectivity index (χ1n) is 12.6. The van der Waals surface area contributed by atoms with E-state index >= 15 is 0 Å².